The van der Waals surface area contributed by atoms with Gasteiger partial charge in [-0.05, 0) is 11.8 Å². The van der Waals surface area contributed by atoms with Crippen LogP contribution >= 0.6 is 21.6 Å². The van der Waals surface area contributed by atoms with Crippen LogP contribution in [0.5, 0.6) is 0 Å². The van der Waals surface area contributed by atoms with Crippen LogP contribution in [0.1, 0.15) is 13.8 Å². The average Bonchev–Trinajstić information content (AvgIpc) is 1.77. The highest BCUT2D eigenvalue weighted by Gasteiger charge is 2.16. The van der Waals surface area contributed by atoms with Gasteiger partial charge in [-0.2, -0.15) is 0 Å². The molecule has 0 nitrogen and oxygen atoms in total. The van der Waals surface area contributed by atoms with Gasteiger partial charge in [0.05, 0.1) is 0 Å². The molecule has 1 heterocycles. The van der Waals surface area contributed by atoms with Crippen LogP contribution in [0, 0.1) is 11.8 Å². The second-order valence-corrected chi connectivity index (χ2v) is 5.08. The predicted octanol–water partition coefficient (Wildman–Crippen LogP) is 2.65. The molecule has 1 fully saturated rings. The van der Waals surface area contributed by atoms with E-state index in [2.05, 4.69) is 13.8 Å². The first-order chi connectivity index (χ1) is 3.80. The standard InChI is InChI=1S/C6H12S2/c1-5-3-7-8-4-6(5)2/h5-6H,3-4H2,1-2H3. The maximum atomic E-state index is 2.34. The Kier molecular flexibility index (Phi) is 2.57. The van der Waals surface area contributed by atoms with Crippen LogP contribution in [0.3, 0.4) is 0 Å². The number of hydrogen-bond donors (Lipinski definition) is 0. The highest BCUT2D eigenvalue weighted by atomic mass is 33.1. The smallest absolute Gasteiger partial charge is 0.00655 e. The summed E-state index contributed by atoms with van der Waals surface area (Å²) in [6.45, 7) is 4.69. The molecule has 2 heteroatoms. The zero-order chi connectivity index (χ0) is 5.98. The number of hydrogen-bond acceptors (Lipinski definition) is 2. The highest BCUT2D eigenvalue weighted by molar-refractivity contribution is 8.76. The van der Waals surface area contributed by atoms with E-state index in [1.165, 1.54) is 11.5 Å². The summed E-state index contributed by atoms with van der Waals surface area (Å²) < 4.78 is 0. The van der Waals surface area contributed by atoms with Crippen LogP contribution in [-0.2, 0) is 0 Å². The van der Waals surface area contributed by atoms with Crippen molar-refractivity contribution in [3.05, 3.63) is 0 Å². The van der Waals surface area contributed by atoms with E-state index in [4.69, 9.17) is 0 Å². The number of rotatable bonds is 0. The van der Waals surface area contributed by atoms with Crippen molar-refractivity contribution >= 4 is 21.6 Å². The van der Waals surface area contributed by atoms with E-state index in [9.17, 15) is 0 Å². The molecule has 0 aliphatic carbocycles. The van der Waals surface area contributed by atoms with Crippen LogP contribution in [0.4, 0.5) is 0 Å². The lowest BCUT2D eigenvalue weighted by Gasteiger charge is -2.23. The highest BCUT2D eigenvalue weighted by Crippen LogP contribution is 2.35. The van der Waals surface area contributed by atoms with Gasteiger partial charge >= 0.3 is 0 Å². The molecule has 0 aromatic carbocycles. The van der Waals surface area contributed by atoms with Gasteiger partial charge in [-0.15, -0.1) is 0 Å². The third-order valence-electron chi connectivity index (χ3n) is 1.72. The van der Waals surface area contributed by atoms with Gasteiger partial charge in [0.25, 0.3) is 0 Å². The van der Waals surface area contributed by atoms with E-state index < -0.39 is 0 Å². The Morgan fingerprint density at radius 1 is 1.00 bits per heavy atom. The van der Waals surface area contributed by atoms with E-state index in [0.717, 1.165) is 11.8 Å². The van der Waals surface area contributed by atoms with Crippen molar-refractivity contribution in [2.45, 2.75) is 13.8 Å². The van der Waals surface area contributed by atoms with Crippen molar-refractivity contribution < 1.29 is 0 Å². The molecule has 0 aromatic rings. The molecule has 1 aliphatic heterocycles. The summed E-state index contributed by atoms with van der Waals surface area (Å²) in [6.07, 6.45) is 0. The Morgan fingerprint density at radius 3 is 1.62 bits per heavy atom. The molecule has 2 unspecified atom stereocenters. The normalized spacial score (nSPS) is 39.8. The molecule has 1 aliphatic rings. The molecule has 1 rings (SSSR count). The lowest BCUT2D eigenvalue weighted by Crippen LogP contribution is -2.15. The van der Waals surface area contributed by atoms with Gasteiger partial charge in [0.2, 0.25) is 0 Å². The quantitative estimate of drug-likeness (QED) is 0.484. The molecule has 8 heavy (non-hydrogen) atoms. The largest absolute Gasteiger partial charge is 0.0939 e. The van der Waals surface area contributed by atoms with Gasteiger partial charge in [-0.3, -0.25) is 0 Å². The van der Waals surface area contributed by atoms with Crippen LogP contribution in [0.25, 0.3) is 0 Å². The first-order valence-corrected chi connectivity index (χ1v) is 5.54. The maximum absolute atomic E-state index is 2.34. The van der Waals surface area contributed by atoms with Gasteiger partial charge in [-0.1, -0.05) is 35.4 Å². The average molecular weight is 148 g/mol. The lowest BCUT2D eigenvalue weighted by molar-refractivity contribution is 0.471. The van der Waals surface area contributed by atoms with Crippen LogP contribution < -0.4 is 0 Å². The van der Waals surface area contributed by atoms with Crippen molar-refractivity contribution in [2.75, 3.05) is 11.5 Å². The van der Waals surface area contributed by atoms with E-state index >= 15 is 0 Å². The fourth-order valence-electron chi connectivity index (χ4n) is 0.639. The van der Waals surface area contributed by atoms with Crippen LogP contribution in [-0.4, -0.2) is 11.5 Å². The molecule has 0 radical (unpaired) electrons. The fourth-order valence-corrected chi connectivity index (χ4v) is 3.78. The first kappa shape index (κ1) is 6.81. The summed E-state index contributed by atoms with van der Waals surface area (Å²) in [5, 5.41) is 0. The Bertz CT molecular complexity index is 62.9. The van der Waals surface area contributed by atoms with E-state index in [-0.39, 0.29) is 0 Å². The van der Waals surface area contributed by atoms with Gasteiger partial charge in [0.15, 0.2) is 0 Å². The van der Waals surface area contributed by atoms with E-state index in [1.807, 2.05) is 21.6 Å². The van der Waals surface area contributed by atoms with Gasteiger partial charge in [0.1, 0.15) is 0 Å². The minimum absolute atomic E-state index is 0.946. The third kappa shape index (κ3) is 1.59. The Morgan fingerprint density at radius 2 is 1.38 bits per heavy atom. The maximum Gasteiger partial charge on any atom is 0.00655 e. The zero-order valence-electron chi connectivity index (χ0n) is 5.39. The summed E-state index contributed by atoms with van der Waals surface area (Å²) in [7, 11) is 4.05. The molecule has 2 atom stereocenters. The molecule has 1 saturated heterocycles. The molecule has 48 valence electrons. The van der Waals surface area contributed by atoms with Gasteiger partial charge in [-0.25, -0.2) is 0 Å². The van der Waals surface area contributed by atoms with Crippen molar-refractivity contribution in [2.24, 2.45) is 11.8 Å². The summed E-state index contributed by atoms with van der Waals surface area (Å²) >= 11 is 0. The molecule has 0 saturated carbocycles. The monoisotopic (exact) mass is 148 g/mol. The van der Waals surface area contributed by atoms with Crippen molar-refractivity contribution in [1.29, 1.82) is 0 Å². The van der Waals surface area contributed by atoms with Crippen molar-refractivity contribution in [3.63, 3.8) is 0 Å². The summed E-state index contributed by atoms with van der Waals surface area (Å²) in [5.74, 6) is 4.60. The molecule has 0 bridgehead atoms. The molecule has 0 aromatic heterocycles. The molecule has 0 N–H and O–H groups in total. The molecular formula is C6H12S2. The second-order valence-electron chi connectivity index (χ2n) is 2.52. The summed E-state index contributed by atoms with van der Waals surface area (Å²) in [4.78, 5) is 0. The van der Waals surface area contributed by atoms with E-state index in [1.54, 1.807) is 0 Å². The minimum Gasteiger partial charge on any atom is -0.0939 e. The Hall–Kier alpha value is 0.700. The molecule has 0 amide bonds. The van der Waals surface area contributed by atoms with Crippen LogP contribution in [0.2, 0.25) is 0 Å². The summed E-state index contributed by atoms with van der Waals surface area (Å²) in [5.41, 5.74) is 0. The molecular weight excluding hydrogens is 136 g/mol. The third-order valence-corrected chi connectivity index (χ3v) is 4.52. The second kappa shape index (κ2) is 3.02. The minimum atomic E-state index is 0.946. The predicted molar refractivity (Wildman–Crippen MR) is 43.2 cm³/mol. The fraction of sp³-hybridized carbons (Fsp3) is 1.00. The van der Waals surface area contributed by atoms with E-state index in [0.29, 0.717) is 0 Å². The van der Waals surface area contributed by atoms with Gasteiger partial charge in [0, 0.05) is 11.5 Å². The Balaban J connectivity index is 2.28. The van der Waals surface area contributed by atoms with Gasteiger partial charge < -0.3 is 0 Å². The topological polar surface area (TPSA) is 0 Å². The van der Waals surface area contributed by atoms with Crippen molar-refractivity contribution in [3.8, 4) is 0 Å². The zero-order valence-corrected chi connectivity index (χ0v) is 7.02. The van der Waals surface area contributed by atoms with Crippen molar-refractivity contribution in [1.82, 2.24) is 0 Å². The SMILES string of the molecule is CC1CSSCC1C. The lowest BCUT2D eigenvalue weighted by atomic mass is 10.0. The van der Waals surface area contributed by atoms with Crippen LogP contribution in [0.15, 0.2) is 0 Å². The Labute approximate surface area is 59.2 Å². The summed E-state index contributed by atoms with van der Waals surface area (Å²) in [6, 6.07) is 0. The first-order valence-electron chi connectivity index (χ1n) is 3.05. The molecule has 0 spiro atoms.